The molecule has 1 aliphatic rings. The SMILES string of the molecule is COc1cc2c(CCc3ccc4c(c3)NCC4)c(C#N)cnc2cc1O. The van der Waals surface area contributed by atoms with Crippen molar-refractivity contribution in [3.8, 4) is 17.6 Å². The van der Waals surface area contributed by atoms with E-state index in [4.69, 9.17) is 4.74 Å². The van der Waals surface area contributed by atoms with Gasteiger partial charge in [0.25, 0.3) is 0 Å². The Bertz CT molecular complexity index is 1040. The van der Waals surface area contributed by atoms with E-state index in [1.165, 1.54) is 23.9 Å². The Labute approximate surface area is 151 Å². The van der Waals surface area contributed by atoms with Crippen LogP contribution in [0.2, 0.25) is 0 Å². The third kappa shape index (κ3) is 2.80. The molecule has 0 spiro atoms. The monoisotopic (exact) mass is 345 g/mol. The second-order valence-corrected chi connectivity index (χ2v) is 6.47. The van der Waals surface area contributed by atoms with Crippen LogP contribution in [0.4, 0.5) is 5.69 Å². The molecule has 5 nitrogen and oxygen atoms in total. The molecule has 2 aromatic carbocycles. The van der Waals surface area contributed by atoms with Crippen molar-refractivity contribution in [1.82, 2.24) is 4.98 Å². The number of fused-ring (bicyclic) bond motifs is 2. The van der Waals surface area contributed by atoms with Crippen LogP contribution in [0.5, 0.6) is 11.5 Å². The second-order valence-electron chi connectivity index (χ2n) is 6.47. The van der Waals surface area contributed by atoms with Gasteiger partial charge in [0, 0.05) is 29.9 Å². The van der Waals surface area contributed by atoms with Crippen LogP contribution in [0.1, 0.15) is 22.3 Å². The summed E-state index contributed by atoms with van der Waals surface area (Å²) in [5.41, 5.74) is 5.97. The van der Waals surface area contributed by atoms with Gasteiger partial charge in [0.2, 0.25) is 0 Å². The maximum Gasteiger partial charge on any atom is 0.161 e. The number of aryl methyl sites for hydroxylation is 2. The van der Waals surface area contributed by atoms with Gasteiger partial charge in [-0.1, -0.05) is 12.1 Å². The highest BCUT2D eigenvalue weighted by Crippen LogP contribution is 2.33. The van der Waals surface area contributed by atoms with Gasteiger partial charge in [0.05, 0.1) is 18.2 Å². The first-order valence-electron chi connectivity index (χ1n) is 8.64. The van der Waals surface area contributed by atoms with Gasteiger partial charge in [-0.3, -0.25) is 4.98 Å². The van der Waals surface area contributed by atoms with E-state index in [1.807, 2.05) is 0 Å². The molecule has 130 valence electrons. The highest BCUT2D eigenvalue weighted by molar-refractivity contribution is 5.87. The Balaban J connectivity index is 1.71. The maximum absolute atomic E-state index is 9.99. The van der Waals surface area contributed by atoms with E-state index < -0.39 is 0 Å². The van der Waals surface area contributed by atoms with Crippen LogP contribution in [-0.4, -0.2) is 23.7 Å². The molecule has 0 amide bonds. The molecule has 0 aliphatic carbocycles. The van der Waals surface area contributed by atoms with Crippen LogP contribution >= 0.6 is 0 Å². The smallest absolute Gasteiger partial charge is 0.161 e. The number of aromatic nitrogens is 1. The summed E-state index contributed by atoms with van der Waals surface area (Å²) in [6, 6.07) is 12.1. The minimum absolute atomic E-state index is 0.0489. The zero-order valence-electron chi connectivity index (χ0n) is 14.5. The maximum atomic E-state index is 9.99. The molecule has 0 saturated carbocycles. The lowest BCUT2D eigenvalue weighted by Crippen LogP contribution is -1.99. The molecular weight excluding hydrogens is 326 g/mol. The average molecular weight is 345 g/mol. The van der Waals surface area contributed by atoms with Gasteiger partial charge in [-0.15, -0.1) is 0 Å². The Kier molecular flexibility index (Phi) is 4.10. The molecule has 2 heterocycles. The standard InChI is InChI=1S/C21H19N3O2/c1-26-21-9-17-16(15(11-22)12-24-19(17)10-20(21)25)5-3-13-2-4-14-6-7-23-18(14)8-13/h2,4,8-10,12,23,25H,3,5-7H2,1H3. The number of pyridine rings is 1. The molecule has 26 heavy (non-hydrogen) atoms. The summed E-state index contributed by atoms with van der Waals surface area (Å²) in [6.45, 7) is 0.996. The van der Waals surface area contributed by atoms with Crippen LogP contribution in [0, 0.1) is 11.3 Å². The summed E-state index contributed by atoms with van der Waals surface area (Å²) < 4.78 is 5.23. The van der Waals surface area contributed by atoms with Gasteiger partial charge in [0.1, 0.15) is 6.07 Å². The highest BCUT2D eigenvalue weighted by Gasteiger charge is 2.14. The summed E-state index contributed by atoms with van der Waals surface area (Å²) in [4.78, 5) is 4.30. The number of methoxy groups -OCH3 is 1. The number of hydrogen-bond donors (Lipinski definition) is 2. The minimum atomic E-state index is 0.0489. The molecule has 1 aromatic heterocycles. The average Bonchev–Trinajstić information content (AvgIpc) is 3.13. The number of ether oxygens (including phenoxy) is 1. The molecule has 2 N–H and O–H groups in total. The number of aromatic hydroxyl groups is 1. The third-order valence-corrected chi connectivity index (χ3v) is 4.95. The summed E-state index contributed by atoms with van der Waals surface area (Å²) in [6.07, 6.45) is 4.20. The molecule has 0 atom stereocenters. The van der Waals surface area contributed by atoms with Crippen LogP contribution in [0.15, 0.2) is 36.5 Å². The fraction of sp³-hybridized carbons (Fsp3) is 0.238. The zero-order chi connectivity index (χ0) is 18.1. The van der Waals surface area contributed by atoms with Crippen molar-refractivity contribution < 1.29 is 9.84 Å². The van der Waals surface area contributed by atoms with Gasteiger partial charge in [-0.2, -0.15) is 5.26 Å². The van der Waals surface area contributed by atoms with Gasteiger partial charge >= 0.3 is 0 Å². The van der Waals surface area contributed by atoms with Crippen LogP contribution in [0.3, 0.4) is 0 Å². The Hall–Kier alpha value is -3.26. The first kappa shape index (κ1) is 16.2. The number of nitrogens with one attached hydrogen (secondary N) is 1. The molecular formula is C21H19N3O2. The minimum Gasteiger partial charge on any atom is -0.504 e. The number of anilines is 1. The fourth-order valence-corrected chi connectivity index (χ4v) is 3.56. The topological polar surface area (TPSA) is 78.2 Å². The predicted octanol–water partition coefficient (Wildman–Crippen LogP) is 3.57. The normalized spacial score (nSPS) is 12.5. The Morgan fingerprint density at radius 3 is 2.96 bits per heavy atom. The van der Waals surface area contributed by atoms with E-state index >= 15 is 0 Å². The summed E-state index contributed by atoms with van der Waals surface area (Å²) in [5, 5.41) is 23.7. The molecule has 3 aromatic rings. The second kappa shape index (κ2) is 6.57. The van der Waals surface area contributed by atoms with Crippen LogP contribution in [-0.2, 0) is 19.3 Å². The molecule has 0 saturated heterocycles. The first-order chi connectivity index (χ1) is 12.7. The van der Waals surface area contributed by atoms with Gasteiger partial charge in [-0.25, -0.2) is 0 Å². The number of hydrogen-bond acceptors (Lipinski definition) is 5. The van der Waals surface area contributed by atoms with Gasteiger partial charge in [-0.05, 0) is 48.1 Å². The number of phenols is 1. The molecule has 0 fully saturated rings. The van der Waals surface area contributed by atoms with E-state index in [9.17, 15) is 10.4 Å². The van der Waals surface area contributed by atoms with Crippen molar-refractivity contribution in [2.75, 3.05) is 19.0 Å². The van der Waals surface area contributed by atoms with Crippen molar-refractivity contribution in [3.05, 3.63) is 58.8 Å². The third-order valence-electron chi connectivity index (χ3n) is 4.95. The summed E-state index contributed by atoms with van der Waals surface area (Å²) in [5.74, 6) is 0.435. The van der Waals surface area contributed by atoms with Crippen LogP contribution < -0.4 is 10.1 Å². The van der Waals surface area contributed by atoms with E-state index in [0.717, 1.165) is 30.3 Å². The Morgan fingerprint density at radius 1 is 1.27 bits per heavy atom. The number of nitriles is 1. The van der Waals surface area contributed by atoms with E-state index in [0.29, 0.717) is 23.3 Å². The molecule has 0 radical (unpaired) electrons. The molecule has 5 heteroatoms. The molecule has 0 unspecified atom stereocenters. The molecule has 4 rings (SSSR count). The van der Waals surface area contributed by atoms with Crippen molar-refractivity contribution >= 4 is 16.6 Å². The van der Waals surface area contributed by atoms with E-state index in [-0.39, 0.29) is 5.75 Å². The summed E-state index contributed by atoms with van der Waals surface area (Å²) in [7, 11) is 1.51. The number of nitrogens with zero attached hydrogens (tertiary/aromatic N) is 2. The van der Waals surface area contributed by atoms with Gasteiger partial charge < -0.3 is 15.2 Å². The number of rotatable bonds is 4. The number of phenolic OH excluding ortho intramolecular Hbond substituents is 1. The highest BCUT2D eigenvalue weighted by atomic mass is 16.5. The van der Waals surface area contributed by atoms with Crippen molar-refractivity contribution in [3.63, 3.8) is 0 Å². The lowest BCUT2D eigenvalue weighted by molar-refractivity contribution is 0.374. The van der Waals surface area contributed by atoms with Gasteiger partial charge in [0.15, 0.2) is 11.5 Å². The first-order valence-corrected chi connectivity index (χ1v) is 8.64. The van der Waals surface area contributed by atoms with E-state index in [1.54, 1.807) is 18.3 Å². The quantitative estimate of drug-likeness (QED) is 0.756. The van der Waals surface area contributed by atoms with Crippen LogP contribution in [0.25, 0.3) is 10.9 Å². The molecule has 0 bridgehead atoms. The lowest BCUT2D eigenvalue weighted by Gasteiger charge is -2.12. The summed E-state index contributed by atoms with van der Waals surface area (Å²) >= 11 is 0. The van der Waals surface area contributed by atoms with Crippen molar-refractivity contribution in [2.45, 2.75) is 19.3 Å². The zero-order valence-corrected chi connectivity index (χ0v) is 14.5. The largest absolute Gasteiger partial charge is 0.504 e. The fourth-order valence-electron chi connectivity index (χ4n) is 3.56. The van der Waals surface area contributed by atoms with Crippen molar-refractivity contribution in [1.29, 1.82) is 5.26 Å². The van der Waals surface area contributed by atoms with Crippen molar-refractivity contribution in [2.24, 2.45) is 0 Å². The predicted molar refractivity (Wildman–Crippen MR) is 101 cm³/mol. The number of benzene rings is 2. The lowest BCUT2D eigenvalue weighted by atomic mass is 9.96. The van der Waals surface area contributed by atoms with E-state index in [2.05, 4.69) is 34.6 Å². The Morgan fingerprint density at radius 2 is 2.15 bits per heavy atom. The molecule has 1 aliphatic heterocycles.